The lowest BCUT2D eigenvalue weighted by molar-refractivity contribution is 0.0748. The second-order valence-corrected chi connectivity index (χ2v) is 4.53. The molecule has 2 atom stereocenters. The van der Waals surface area contributed by atoms with Gasteiger partial charge in [0.2, 0.25) is 5.28 Å². The van der Waals surface area contributed by atoms with E-state index in [9.17, 15) is 0 Å². The first-order valence-corrected chi connectivity index (χ1v) is 5.69. The fourth-order valence-corrected chi connectivity index (χ4v) is 2.48. The van der Waals surface area contributed by atoms with E-state index in [0.29, 0.717) is 5.28 Å². The average molecular weight is 230 g/mol. The van der Waals surface area contributed by atoms with Gasteiger partial charge in [-0.15, -0.1) is 10.2 Å². The van der Waals surface area contributed by atoms with E-state index >= 15 is 0 Å². The number of halogens is 1. The van der Waals surface area contributed by atoms with Crippen LogP contribution in [0.1, 0.15) is 33.0 Å². The summed E-state index contributed by atoms with van der Waals surface area (Å²) in [6, 6.07) is 0. The fourth-order valence-electron chi connectivity index (χ4n) is 2.15. The Bertz CT molecular complexity index is 366. The van der Waals surface area contributed by atoms with Crippen LogP contribution in [0.4, 0.5) is 0 Å². The molecule has 0 amide bonds. The van der Waals surface area contributed by atoms with E-state index in [1.165, 1.54) is 0 Å². The third-order valence-electron chi connectivity index (χ3n) is 3.37. The molecule has 0 aromatic carbocycles. The molecule has 1 fully saturated rings. The van der Waals surface area contributed by atoms with E-state index in [2.05, 4.69) is 31.0 Å². The molecule has 2 heterocycles. The van der Waals surface area contributed by atoms with Crippen LogP contribution in [-0.4, -0.2) is 27.5 Å². The Kier molecular flexibility index (Phi) is 2.73. The summed E-state index contributed by atoms with van der Waals surface area (Å²) in [4.78, 5) is 0. The van der Waals surface area contributed by atoms with Crippen molar-refractivity contribution in [2.24, 2.45) is 0 Å². The summed E-state index contributed by atoms with van der Waals surface area (Å²) in [5.74, 6) is 0.930. The molecule has 0 N–H and O–H groups in total. The van der Waals surface area contributed by atoms with Crippen molar-refractivity contribution in [2.75, 3.05) is 6.61 Å². The first-order valence-electron chi connectivity index (χ1n) is 5.31. The molecule has 84 valence electrons. The molecule has 4 nitrogen and oxygen atoms in total. The van der Waals surface area contributed by atoms with Crippen molar-refractivity contribution < 1.29 is 4.74 Å². The van der Waals surface area contributed by atoms with Crippen molar-refractivity contribution in [1.82, 2.24) is 14.8 Å². The van der Waals surface area contributed by atoms with Crippen molar-refractivity contribution in [1.29, 1.82) is 0 Å². The van der Waals surface area contributed by atoms with Crippen LogP contribution < -0.4 is 0 Å². The van der Waals surface area contributed by atoms with Crippen molar-refractivity contribution >= 4 is 11.6 Å². The molecule has 0 aliphatic carbocycles. The Balaban J connectivity index is 2.47. The smallest absolute Gasteiger partial charge is 0.225 e. The minimum Gasteiger partial charge on any atom is -0.376 e. The van der Waals surface area contributed by atoms with E-state index in [1.807, 2.05) is 4.57 Å². The van der Waals surface area contributed by atoms with Gasteiger partial charge < -0.3 is 4.74 Å². The summed E-state index contributed by atoms with van der Waals surface area (Å²) in [6.45, 7) is 7.05. The number of hydrogen-bond donors (Lipinski definition) is 0. The van der Waals surface area contributed by atoms with Gasteiger partial charge in [0.15, 0.2) is 0 Å². The van der Waals surface area contributed by atoms with Crippen LogP contribution in [0.15, 0.2) is 0 Å². The number of aryl methyl sites for hydroxylation is 1. The lowest BCUT2D eigenvalue weighted by Crippen LogP contribution is -2.38. The summed E-state index contributed by atoms with van der Waals surface area (Å²) in [6.07, 6.45) is 1.94. The van der Waals surface area contributed by atoms with Gasteiger partial charge in [0, 0.05) is 13.0 Å². The summed E-state index contributed by atoms with van der Waals surface area (Å²) < 4.78 is 7.63. The Morgan fingerprint density at radius 2 is 2.33 bits per heavy atom. The maximum absolute atomic E-state index is 6.09. The van der Waals surface area contributed by atoms with E-state index in [4.69, 9.17) is 16.3 Å². The molecule has 15 heavy (non-hydrogen) atoms. The molecule has 1 aliphatic heterocycles. The predicted octanol–water partition coefficient (Wildman–Crippen LogP) is 2.02. The van der Waals surface area contributed by atoms with Crippen LogP contribution in [0.2, 0.25) is 5.28 Å². The molecule has 0 bridgehead atoms. The molecular formula is C10H16ClN3O. The van der Waals surface area contributed by atoms with Crippen LogP contribution >= 0.6 is 11.6 Å². The first kappa shape index (κ1) is 10.9. The number of ether oxygens (including phenoxy) is 1. The van der Waals surface area contributed by atoms with Crippen LogP contribution in [0, 0.1) is 0 Å². The highest BCUT2D eigenvalue weighted by Gasteiger charge is 2.41. The van der Waals surface area contributed by atoms with Gasteiger partial charge in [-0.05, 0) is 31.9 Å². The van der Waals surface area contributed by atoms with Crippen LogP contribution in [0.5, 0.6) is 0 Å². The summed E-state index contributed by atoms with van der Waals surface area (Å²) >= 11 is 6.09. The fraction of sp³-hybridized carbons (Fsp3) is 0.800. The maximum Gasteiger partial charge on any atom is 0.225 e. The minimum absolute atomic E-state index is 0.105. The normalized spacial score (nSPS) is 31.1. The molecule has 2 unspecified atom stereocenters. The zero-order valence-electron chi connectivity index (χ0n) is 9.33. The van der Waals surface area contributed by atoms with Gasteiger partial charge in [0.05, 0.1) is 11.6 Å². The maximum atomic E-state index is 6.09. The predicted molar refractivity (Wildman–Crippen MR) is 58.1 cm³/mol. The van der Waals surface area contributed by atoms with Crippen molar-refractivity contribution in [3.05, 3.63) is 11.1 Å². The molecule has 0 saturated carbocycles. The Hall–Kier alpha value is -0.610. The van der Waals surface area contributed by atoms with E-state index in [1.54, 1.807) is 0 Å². The second kappa shape index (κ2) is 3.76. The number of hydrogen-bond acceptors (Lipinski definition) is 3. The number of rotatable bonds is 2. The van der Waals surface area contributed by atoms with Gasteiger partial charge in [-0.25, -0.2) is 0 Å². The quantitative estimate of drug-likeness (QED) is 0.779. The minimum atomic E-state index is -0.105. The molecule has 0 radical (unpaired) electrons. The summed E-state index contributed by atoms with van der Waals surface area (Å²) in [7, 11) is 0. The molecule has 5 heteroatoms. The molecule has 1 aromatic rings. The SMILES string of the molecule is CCc1nnc(Cl)n1C1(C)CCOC1C. The Labute approximate surface area is 94.6 Å². The monoisotopic (exact) mass is 229 g/mol. The first-order chi connectivity index (χ1) is 7.09. The van der Waals surface area contributed by atoms with Crippen LogP contribution in [0.25, 0.3) is 0 Å². The molecular weight excluding hydrogens is 214 g/mol. The Morgan fingerprint density at radius 3 is 2.87 bits per heavy atom. The molecule has 1 aliphatic rings. The van der Waals surface area contributed by atoms with Gasteiger partial charge in [0.1, 0.15) is 5.82 Å². The molecule has 1 saturated heterocycles. The van der Waals surface area contributed by atoms with Crippen LogP contribution in [-0.2, 0) is 16.7 Å². The lowest BCUT2D eigenvalue weighted by Gasteiger charge is -2.30. The van der Waals surface area contributed by atoms with Gasteiger partial charge in [0.25, 0.3) is 0 Å². The third kappa shape index (κ3) is 1.56. The highest BCUT2D eigenvalue weighted by atomic mass is 35.5. The summed E-state index contributed by atoms with van der Waals surface area (Å²) in [5, 5.41) is 8.48. The topological polar surface area (TPSA) is 39.9 Å². The number of nitrogens with zero attached hydrogens (tertiary/aromatic N) is 3. The second-order valence-electron chi connectivity index (χ2n) is 4.19. The van der Waals surface area contributed by atoms with E-state index in [-0.39, 0.29) is 11.6 Å². The third-order valence-corrected chi connectivity index (χ3v) is 3.61. The standard InChI is InChI=1S/C10H16ClN3O/c1-4-8-12-13-9(11)14(8)10(3)5-6-15-7(10)2/h7H,4-6H2,1-3H3. The van der Waals surface area contributed by atoms with Crippen molar-refractivity contribution in [3.63, 3.8) is 0 Å². The van der Waals surface area contributed by atoms with Crippen molar-refractivity contribution in [2.45, 2.75) is 45.3 Å². The average Bonchev–Trinajstić information content (AvgIpc) is 2.72. The zero-order chi connectivity index (χ0) is 11.1. The molecule has 2 rings (SSSR count). The molecule has 1 aromatic heterocycles. The van der Waals surface area contributed by atoms with E-state index in [0.717, 1.165) is 25.3 Å². The van der Waals surface area contributed by atoms with Crippen molar-refractivity contribution in [3.8, 4) is 0 Å². The zero-order valence-corrected chi connectivity index (χ0v) is 10.1. The highest BCUT2D eigenvalue weighted by Crippen LogP contribution is 2.35. The number of aromatic nitrogens is 3. The highest BCUT2D eigenvalue weighted by molar-refractivity contribution is 6.28. The van der Waals surface area contributed by atoms with Gasteiger partial charge >= 0.3 is 0 Å². The van der Waals surface area contributed by atoms with E-state index < -0.39 is 0 Å². The molecule has 0 spiro atoms. The van der Waals surface area contributed by atoms with Crippen LogP contribution in [0.3, 0.4) is 0 Å². The van der Waals surface area contributed by atoms with Gasteiger partial charge in [-0.3, -0.25) is 4.57 Å². The Morgan fingerprint density at radius 1 is 1.60 bits per heavy atom. The largest absolute Gasteiger partial charge is 0.376 e. The van der Waals surface area contributed by atoms with Gasteiger partial charge in [-0.2, -0.15) is 0 Å². The van der Waals surface area contributed by atoms with Gasteiger partial charge in [-0.1, -0.05) is 6.92 Å². The summed E-state index contributed by atoms with van der Waals surface area (Å²) in [5.41, 5.74) is -0.105. The lowest BCUT2D eigenvalue weighted by atomic mass is 9.94.